The van der Waals surface area contributed by atoms with Crippen molar-refractivity contribution in [2.24, 2.45) is 5.73 Å². The first-order valence-corrected chi connectivity index (χ1v) is 6.18. The molecule has 4 N–H and O–H groups in total. The van der Waals surface area contributed by atoms with Crippen LogP contribution in [0.1, 0.15) is 6.92 Å². The summed E-state index contributed by atoms with van der Waals surface area (Å²) in [5, 5.41) is 5.44. The first-order chi connectivity index (χ1) is 8.06. The molecule has 2 amide bonds. The van der Waals surface area contributed by atoms with Crippen LogP contribution in [0.5, 0.6) is 0 Å². The van der Waals surface area contributed by atoms with E-state index in [0.717, 1.165) is 10.6 Å². The Morgan fingerprint density at radius 1 is 1.59 bits per heavy atom. The lowest BCUT2D eigenvalue weighted by Gasteiger charge is -2.17. The largest absolute Gasteiger partial charge is 0.325 e. The smallest absolute Gasteiger partial charge is 0.240 e. The molecule has 0 aliphatic carbocycles. The van der Waals surface area contributed by atoms with E-state index >= 15 is 0 Å². The molecule has 1 aromatic carbocycles. The second-order valence-electron chi connectivity index (χ2n) is 3.83. The Kier molecular flexibility index (Phi) is 3.35. The molecule has 1 heterocycles. The van der Waals surface area contributed by atoms with Crippen LogP contribution in [-0.2, 0) is 9.59 Å². The number of anilines is 2. The summed E-state index contributed by atoms with van der Waals surface area (Å²) in [7, 11) is 0. The maximum Gasteiger partial charge on any atom is 0.240 e. The van der Waals surface area contributed by atoms with Crippen LogP contribution in [0, 0.1) is 0 Å². The summed E-state index contributed by atoms with van der Waals surface area (Å²) in [5.41, 5.74) is 6.82. The van der Waals surface area contributed by atoms with Gasteiger partial charge in [-0.2, -0.15) is 0 Å². The maximum atomic E-state index is 11.4. The highest BCUT2D eigenvalue weighted by atomic mass is 32.2. The number of rotatable bonds is 2. The van der Waals surface area contributed by atoms with Gasteiger partial charge in [0.2, 0.25) is 11.8 Å². The van der Waals surface area contributed by atoms with Crippen molar-refractivity contribution >= 4 is 35.0 Å². The van der Waals surface area contributed by atoms with Crippen LogP contribution in [0.3, 0.4) is 0 Å². The summed E-state index contributed by atoms with van der Waals surface area (Å²) in [5.74, 6) is 0.149. The Hall–Kier alpha value is -1.53. The summed E-state index contributed by atoms with van der Waals surface area (Å²) in [6.45, 7) is 1.62. The molecule has 0 bridgehead atoms. The van der Waals surface area contributed by atoms with E-state index in [1.165, 1.54) is 11.8 Å². The third-order valence-corrected chi connectivity index (χ3v) is 3.37. The summed E-state index contributed by atoms with van der Waals surface area (Å²) in [6, 6.07) is 4.84. The molecule has 2 rings (SSSR count). The number of hydrogen-bond donors (Lipinski definition) is 3. The number of fused-ring (bicyclic) bond motifs is 1. The molecule has 0 radical (unpaired) electrons. The predicted molar refractivity (Wildman–Crippen MR) is 68.1 cm³/mol. The van der Waals surface area contributed by atoms with Gasteiger partial charge >= 0.3 is 0 Å². The second-order valence-corrected chi connectivity index (χ2v) is 4.84. The number of amides is 2. The first kappa shape index (κ1) is 11.9. The quantitative estimate of drug-likeness (QED) is 0.732. The average Bonchev–Trinajstić information content (AvgIpc) is 2.28. The zero-order valence-electron chi connectivity index (χ0n) is 9.32. The summed E-state index contributed by atoms with van der Waals surface area (Å²) in [6.07, 6.45) is 0. The Bertz CT molecular complexity index is 474. The number of nitrogens with one attached hydrogen (secondary N) is 2. The summed E-state index contributed by atoms with van der Waals surface area (Å²) < 4.78 is 0. The highest BCUT2D eigenvalue weighted by Crippen LogP contribution is 2.33. The first-order valence-electron chi connectivity index (χ1n) is 5.19. The van der Waals surface area contributed by atoms with E-state index in [1.54, 1.807) is 19.1 Å². The molecule has 5 nitrogen and oxygen atoms in total. The molecule has 6 heteroatoms. The van der Waals surface area contributed by atoms with Gasteiger partial charge in [-0.1, -0.05) is 0 Å². The van der Waals surface area contributed by atoms with E-state index < -0.39 is 6.04 Å². The second kappa shape index (κ2) is 4.77. The van der Waals surface area contributed by atoms with Crippen LogP contribution in [-0.4, -0.2) is 23.6 Å². The minimum absolute atomic E-state index is 0.0295. The molecule has 0 saturated carbocycles. The van der Waals surface area contributed by atoms with Crippen molar-refractivity contribution in [2.75, 3.05) is 16.4 Å². The van der Waals surface area contributed by atoms with Crippen molar-refractivity contribution < 1.29 is 9.59 Å². The Morgan fingerprint density at radius 3 is 3.06 bits per heavy atom. The molecular weight excluding hydrogens is 238 g/mol. The van der Waals surface area contributed by atoms with Crippen LogP contribution in [0.4, 0.5) is 11.4 Å². The molecule has 17 heavy (non-hydrogen) atoms. The monoisotopic (exact) mass is 251 g/mol. The van der Waals surface area contributed by atoms with Gasteiger partial charge in [0.05, 0.1) is 17.5 Å². The predicted octanol–water partition coefficient (Wildman–Crippen LogP) is 1.02. The standard InChI is InChI=1S/C11H13N3O2S/c1-6(12)11(16)13-7-2-3-9-8(4-7)14-10(15)5-17-9/h2-4,6H,5,12H2,1H3,(H,13,16)(H,14,15). The molecule has 1 unspecified atom stereocenters. The molecule has 0 saturated heterocycles. The lowest BCUT2D eigenvalue weighted by Crippen LogP contribution is -2.32. The Morgan fingerprint density at radius 2 is 2.35 bits per heavy atom. The zero-order valence-corrected chi connectivity index (χ0v) is 10.1. The van der Waals surface area contributed by atoms with Gasteiger partial charge in [0.25, 0.3) is 0 Å². The van der Waals surface area contributed by atoms with Crippen molar-refractivity contribution in [2.45, 2.75) is 17.9 Å². The van der Waals surface area contributed by atoms with Crippen LogP contribution in [0.25, 0.3) is 0 Å². The Labute approximate surface area is 103 Å². The molecule has 1 aliphatic heterocycles. The van der Waals surface area contributed by atoms with Gasteiger partial charge in [0, 0.05) is 10.6 Å². The molecule has 1 atom stereocenters. The van der Waals surface area contributed by atoms with Crippen molar-refractivity contribution in [3.05, 3.63) is 18.2 Å². The van der Waals surface area contributed by atoms with Gasteiger partial charge in [-0.25, -0.2) is 0 Å². The van der Waals surface area contributed by atoms with Crippen LogP contribution < -0.4 is 16.4 Å². The fraction of sp³-hybridized carbons (Fsp3) is 0.273. The normalized spacial score (nSPS) is 15.8. The fourth-order valence-electron chi connectivity index (χ4n) is 1.42. The molecule has 0 fully saturated rings. The average molecular weight is 251 g/mol. The maximum absolute atomic E-state index is 11.4. The van der Waals surface area contributed by atoms with Crippen LogP contribution in [0.15, 0.2) is 23.1 Å². The van der Waals surface area contributed by atoms with Crippen molar-refractivity contribution in [3.63, 3.8) is 0 Å². The van der Waals surface area contributed by atoms with E-state index in [-0.39, 0.29) is 11.8 Å². The third-order valence-electron chi connectivity index (χ3n) is 2.29. The van der Waals surface area contributed by atoms with Gasteiger partial charge in [-0.05, 0) is 25.1 Å². The van der Waals surface area contributed by atoms with Gasteiger partial charge < -0.3 is 16.4 Å². The number of carbonyl (C=O) groups is 2. The molecule has 1 aliphatic rings. The van der Waals surface area contributed by atoms with Crippen LogP contribution >= 0.6 is 11.8 Å². The van der Waals surface area contributed by atoms with Gasteiger partial charge in [-0.15, -0.1) is 11.8 Å². The van der Waals surface area contributed by atoms with E-state index in [4.69, 9.17) is 5.73 Å². The van der Waals surface area contributed by atoms with E-state index in [0.29, 0.717) is 11.4 Å². The SMILES string of the molecule is CC(N)C(=O)Nc1ccc2c(c1)NC(=O)CS2. The lowest BCUT2D eigenvalue weighted by molar-refractivity contribution is -0.117. The van der Waals surface area contributed by atoms with Gasteiger partial charge in [-0.3, -0.25) is 9.59 Å². The minimum Gasteiger partial charge on any atom is -0.325 e. The highest BCUT2D eigenvalue weighted by Gasteiger charge is 2.16. The van der Waals surface area contributed by atoms with E-state index in [9.17, 15) is 9.59 Å². The Balaban J connectivity index is 2.18. The number of thioether (sulfide) groups is 1. The van der Waals surface area contributed by atoms with Crippen molar-refractivity contribution in [3.8, 4) is 0 Å². The summed E-state index contributed by atoms with van der Waals surface area (Å²) >= 11 is 1.48. The molecule has 90 valence electrons. The summed E-state index contributed by atoms with van der Waals surface area (Å²) in [4.78, 5) is 23.6. The highest BCUT2D eigenvalue weighted by molar-refractivity contribution is 8.00. The zero-order chi connectivity index (χ0) is 12.4. The van der Waals surface area contributed by atoms with Crippen LogP contribution in [0.2, 0.25) is 0 Å². The van der Waals surface area contributed by atoms with Gasteiger partial charge in [0.15, 0.2) is 0 Å². The number of carbonyl (C=O) groups excluding carboxylic acids is 2. The minimum atomic E-state index is -0.560. The van der Waals surface area contributed by atoms with Crippen molar-refractivity contribution in [1.29, 1.82) is 0 Å². The molecule has 0 aromatic heterocycles. The van der Waals surface area contributed by atoms with Crippen molar-refractivity contribution in [1.82, 2.24) is 0 Å². The fourth-order valence-corrected chi connectivity index (χ4v) is 2.21. The molecular formula is C11H13N3O2S. The van der Waals surface area contributed by atoms with E-state index in [1.807, 2.05) is 6.07 Å². The number of benzene rings is 1. The van der Waals surface area contributed by atoms with Gasteiger partial charge in [0.1, 0.15) is 0 Å². The number of hydrogen-bond acceptors (Lipinski definition) is 4. The van der Waals surface area contributed by atoms with E-state index in [2.05, 4.69) is 10.6 Å². The number of nitrogens with two attached hydrogens (primary N) is 1. The topological polar surface area (TPSA) is 84.2 Å². The molecule has 0 spiro atoms. The molecule has 1 aromatic rings. The third kappa shape index (κ3) is 2.78. The lowest BCUT2D eigenvalue weighted by atomic mass is 10.2.